The van der Waals surface area contributed by atoms with Crippen LogP contribution in [-0.2, 0) is 6.54 Å². The summed E-state index contributed by atoms with van der Waals surface area (Å²) in [6, 6.07) is 5.53. The average molecular weight is 363 g/mol. The van der Waals surface area contributed by atoms with E-state index in [2.05, 4.69) is 33.3 Å². The first-order valence-corrected chi connectivity index (χ1v) is 7.46. The van der Waals surface area contributed by atoms with Crippen molar-refractivity contribution in [3.05, 3.63) is 50.2 Å². The van der Waals surface area contributed by atoms with Crippen molar-refractivity contribution in [1.82, 2.24) is 15.1 Å². The number of aryl methyl sites for hydroxylation is 1. The number of halogens is 3. The highest BCUT2D eigenvalue weighted by Gasteiger charge is 2.20. The summed E-state index contributed by atoms with van der Waals surface area (Å²) in [5.74, 6) is 0. The lowest BCUT2D eigenvalue weighted by Crippen LogP contribution is -2.21. The van der Waals surface area contributed by atoms with Crippen molar-refractivity contribution >= 4 is 39.1 Å². The predicted octanol–water partition coefficient (Wildman–Crippen LogP) is 4.28. The van der Waals surface area contributed by atoms with E-state index >= 15 is 0 Å². The lowest BCUT2D eigenvalue weighted by molar-refractivity contribution is 0.562. The van der Waals surface area contributed by atoms with Gasteiger partial charge in [0.1, 0.15) is 0 Å². The van der Waals surface area contributed by atoms with Crippen molar-refractivity contribution in [2.75, 3.05) is 7.05 Å². The maximum atomic E-state index is 6.08. The second kappa shape index (κ2) is 6.27. The molecule has 1 unspecified atom stereocenters. The molecule has 0 aliphatic carbocycles. The van der Waals surface area contributed by atoms with Gasteiger partial charge < -0.3 is 5.32 Å². The number of hydrogen-bond donors (Lipinski definition) is 1. The first kappa shape index (κ1) is 14.9. The van der Waals surface area contributed by atoms with Gasteiger partial charge in [0.2, 0.25) is 0 Å². The Morgan fingerprint density at radius 3 is 2.47 bits per heavy atom. The van der Waals surface area contributed by atoms with Crippen molar-refractivity contribution in [3.8, 4) is 0 Å². The molecule has 0 bridgehead atoms. The molecule has 1 heterocycles. The van der Waals surface area contributed by atoms with E-state index in [1.807, 2.05) is 23.9 Å². The maximum absolute atomic E-state index is 6.08. The molecule has 102 valence electrons. The molecule has 1 N–H and O–H groups in total. The van der Waals surface area contributed by atoms with Crippen LogP contribution in [0.25, 0.3) is 0 Å². The summed E-state index contributed by atoms with van der Waals surface area (Å²) in [5.41, 5.74) is 2.07. The highest BCUT2D eigenvalue weighted by atomic mass is 79.9. The first-order chi connectivity index (χ1) is 9.06. The highest BCUT2D eigenvalue weighted by Crippen LogP contribution is 2.31. The van der Waals surface area contributed by atoms with Gasteiger partial charge >= 0.3 is 0 Å². The molecule has 1 aromatic carbocycles. The monoisotopic (exact) mass is 361 g/mol. The summed E-state index contributed by atoms with van der Waals surface area (Å²) >= 11 is 15.7. The van der Waals surface area contributed by atoms with E-state index in [1.54, 1.807) is 12.3 Å². The molecule has 1 aromatic heterocycles. The van der Waals surface area contributed by atoms with Crippen molar-refractivity contribution < 1.29 is 0 Å². The summed E-state index contributed by atoms with van der Waals surface area (Å²) in [5, 5.41) is 8.87. The van der Waals surface area contributed by atoms with Gasteiger partial charge in [0.05, 0.1) is 22.4 Å². The number of nitrogens with zero attached hydrogens (tertiary/aromatic N) is 2. The number of nitrogens with one attached hydrogen (secondary N) is 1. The Morgan fingerprint density at radius 1 is 1.32 bits per heavy atom. The van der Waals surface area contributed by atoms with Crippen LogP contribution >= 0.6 is 39.1 Å². The summed E-state index contributed by atoms with van der Waals surface area (Å²) in [6.07, 6.45) is 1.80. The van der Waals surface area contributed by atoms with Gasteiger partial charge in [-0.2, -0.15) is 5.10 Å². The third-order valence-corrected chi connectivity index (χ3v) is 3.96. The quantitative estimate of drug-likeness (QED) is 0.879. The topological polar surface area (TPSA) is 29.9 Å². The number of aromatic nitrogens is 2. The van der Waals surface area contributed by atoms with E-state index in [9.17, 15) is 0 Å². The second-order valence-corrected chi connectivity index (χ2v) is 5.85. The van der Waals surface area contributed by atoms with E-state index in [-0.39, 0.29) is 6.04 Å². The summed E-state index contributed by atoms with van der Waals surface area (Å²) in [7, 11) is 1.90. The number of rotatable bonds is 4. The highest BCUT2D eigenvalue weighted by molar-refractivity contribution is 9.10. The Labute approximate surface area is 131 Å². The van der Waals surface area contributed by atoms with E-state index in [4.69, 9.17) is 23.2 Å². The molecule has 1 atom stereocenters. The second-order valence-electron chi connectivity index (χ2n) is 4.12. The van der Waals surface area contributed by atoms with Gasteiger partial charge in [0, 0.05) is 16.6 Å². The van der Waals surface area contributed by atoms with Crippen molar-refractivity contribution in [2.45, 2.75) is 19.5 Å². The van der Waals surface area contributed by atoms with Crippen LogP contribution < -0.4 is 5.32 Å². The molecule has 0 spiro atoms. The number of hydrogen-bond acceptors (Lipinski definition) is 2. The number of benzene rings is 1. The molecule has 0 amide bonds. The van der Waals surface area contributed by atoms with Crippen molar-refractivity contribution in [1.29, 1.82) is 0 Å². The van der Waals surface area contributed by atoms with Crippen LogP contribution in [0.3, 0.4) is 0 Å². The smallest absolute Gasteiger partial charge is 0.0758 e. The van der Waals surface area contributed by atoms with Crippen LogP contribution in [0, 0.1) is 0 Å². The average Bonchev–Trinajstić information content (AvgIpc) is 2.71. The van der Waals surface area contributed by atoms with Crippen molar-refractivity contribution in [3.63, 3.8) is 0 Å². The van der Waals surface area contributed by atoms with Crippen molar-refractivity contribution in [2.24, 2.45) is 0 Å². The van der Waals surface area contributed by atoms with Gasteiger partial charge in [-0.25, -0.2) is 0 Å². The fraction of sp³-hybridized carbons (Fsp3) is 0.308. The van der Waals surface area contributed by atoms with E-state index < -0.39 is 0 Å². The molecular formula is C13H14BrCl2N3. The van der Waals surface area contributed by atoms with E-state index in [0.29, 0.717) is 10.0 Å². The molecule has 0 radical (unpaired) electrons. The van der Waals surface area contributed by atoms with E-state index in [1.165, 1.54) is 0 Å². The zero-order chi connectivity index (χ0) is 14.0. The molecule has 0 saturated carbocycles. The Morgan fingerprint density at radius 2 is 1.95 bits per heavy atom. The summed E-state index contributed by atoms with van der Waals surface area (Å²) in [4.78, 5) is 0. The summed E-state index contributed by atoms with van der Waals surface area (Å²) in [6.45, 7) is 2.86. The van der Waals surface area contributed by atoms with Crippen LogP contribution in [0.2, 0.25) is 10.0 Å². The Balaban J connectivity index is 2.52. The Hall–Kier alpha value is -0.550. The molecule has 3 nitrogen and oxygen atoms in total. The van der Waals surface area contributed by atoms with Gasteiger partial charge in [-0.3, -0.25) is 4.68 Å². The molecule has 0 aliphatic heterocycles. The van der Waals surface area contributed by atoms with Crippen LogP contribution in [0.4, 0.5) is 0 Å². The fourth-order valence-corrected chi connectivity index (χ4v) is 3.18. The predicted molar refractivity (Wildman–Crippen MR) is 83.0 cm³/mol. The Bertz CT molecular complexity index is 563. The minimum absolute atomic E-state index is 0.0203. The normalized spacial score (nSPS) is 12.7. The van der Waals surface area contributed by atoms with Crippen LogP contribution in [0.5, 0.6) is 0 Å². The summed E-state index contributed by atoms with van der Waals surface area (Å²) < 4.78 is 2.91. The largest absolute Gasteiger partial charge is 0.308 e. The van der Waals surface area contributed by atoms with Crippen LogP contribution in [-0.4, -0.2) is 16.8 Å². The SMILES string of the molecule is CCn1ncc(Br)c1C(NC)c1cc(Cl)cc(Cl)c1. The molecule has 0 aliphatic rings. The van der Waals surface area contributed by atoms with Gasteiger partial charge in [-0.15, -0.1) is 0 Å². The van der Waals surface area contributed by atoms with Gasteiger partial charge in [0.15, 0.2) is 0 Å². The zero-order valence-electron chi connectivity index (χ0n) is 10.6. The minimum atomic E-state index is -0.0203. The first-order valence-electron chi connectivity index (χ1n) is 5.91. The van der Waals surface area contributed by atoms with Gasteiger partial charge in [0.25, 0.3) is 0 Å². The standard InChI is InChI=1S/C13H14BrCl2N3/c1-3-19-13(11(14)7-18-19)12(17-2)8-4-9(15)6-10(16)5-8/h4-7,12,17H,3H2,1-2H3. The Kier molecular flexibility index (Phi) is 4.90. The van der Waals surface area contributed by atoms with Crippen LogP contribution in [0.15, 0.2) is 28.9 Å². The van der Waals surface area contributed by atoms with Gasteiger partial charge in [-0.05, 0) is 53.7 Å². The molecule has 0 fully saturated rings. The fourth-order valence-electron chi connectivity index (χ4n) is 2.11. The lowest BCUT2D eigenvalue weighted by Gasteiger charge is -2.19. The third-order valence-electron chi connectivity index (χ3n) is 2.91. The lowest BCUT2D eigenvalue weighted by atomic mass is 10.0. The molecule has 19 heavy (non-hydrogen) atoms. The third kappa shape index (κ3) is 3.14. The maximum Gasteiger partial charge on any atom is 0.0758 e. The molecule has 0 saturated heterocycles. The molecule has 2 rings (SSSR count). The molecule has 2 aromatic rings. The molecule has 6 heteroatoms. The van der Waals surface area contributed by atoms with E-state index in [0.717, 1.165) is 22.3 Å². The van der Waals surface area contributed by atoms with Crippen LogP contribution in [0.1, 0.15) is 24.2 Å². The minimum Gasteiger partial charge on any atom is -0.308 e. The molecular weight excluding hydrogens is 349 g/mol. The van der Waals surface area contributed by atoms with Gasteiger partial charge in [-0.1, -0.05) is 23.2 Å². The zero-order valence-corrected chi connectivity index (χ0v) is 13.7.